The minimum atomic E-state index is -0.708. The van der Waals surface area contributed by atoms with E-state index in [-0.39, 0.29) is 23.9 Å². The molecule has 0 radical (unpaired) electrons. The molecule has 1 aliphatic rings. The summed E-state index contributed by atoms with van der Waals surface area (Å²) in [4.78, 5) is 52.0. The third kappa shape index (κ3) is 8.08. The van der Waals surface area contributed by atoms with Crippen LogP contribution in [0.4, 0.5) is 9.59 Å². The molecule has 10 heteroatoms. The minimum Gasteiger partial charge on any atom is -0.467 e. The Bertz CT molecular complexity index is 550. The lowest BCUT2D eigenvalue weighted by Crippen LogP contribution is -2.58. The highest BCUT2D eigenvalue weighted by Crippen LogP contribution is 2.10. The standard InChI is InChI=1S/C20H36N4O6/c1-13(2)11-15(17(25)29-5)21-19(27)23-7-9-24(10-8-23)20(28)22-16(12-14(3)4)18(26)30-6/h13-16H,7-12H2,1-6H3,(H,21,27)(H,22,28). The summed E-state index contributed by atoms with van der Waals surface area (Å²) >= 11 is 0. The lowest BCUT2D eigenvalue weighted by Gasteiger charge is -2.36. The molecular formula is C20H36N4O6. The maximum atomic E-state index is 12.5. The molecule has 172 valence electrons. The molecular weight excluding hydrogens is 392 g/mol. The van der Waals surface area contributed by atoms with Crippen LogP contribution in [0.2, 0.25) is 0 Å². The summed E-state index contributed by atoms with van der Waals surface area (Å²) in [7, 11) is 2.58. The molecule has 1 heterocycles. The Balaban J connectivity index is 2.60. The summed E-state index contributed by atoms with van der Waals surface area (Å²) < 4.78 is 9.54. The van der Waals surface area contributed by atoms with E-state index in [2.05, 4.69) is 10.6 Å². The zero-order valence-corrected chi connectivity index (χ0v) is 18.9. The summed E-state index contributed by atoms with van der Waals surface area (Å²) in [5, 5.41) is 5.44. The Morgan fingerprint density at radius 3 is 1.23 bits per heavy atom. The predicted molar refractivity (Wildman–Crippen MR) is 111 cm³/mol. The van der Waals surface area contributed by atoms with Crippen LogP contribution in [0.15, 0.2) is 0 Å². The molecule has 1 saturated heterocycles. The van der Waals surface area contributed by atoms with E-state index in [9.17, 15) is 19.2 Å². The molecule has 2 N–H and O–H groups in total. The van der Waals surface area contributed by atoms with E-state index >= 15 is 0 Å². The van der Waals surface area contributed by atoms with Crippen LogP contribution >= 0.6 is 0 Å². The number of rotatable bonds is 8. The molecule has 0 bridgehead atoms. The summed E-state index contributed by atoms with van der Waals surface area (Å²) in [5.74, 6) is -0.532. The molecule has 0 aliphatic carbocycles. The third-order valence-corrected chi connectivity index (χ3v) is 4.84. The van der Waals surface area contributed by atoms with Crippen LogP contribution in [0.1, 0.15) is 40.5 Å². The van der Waals surface area contributed by atoms with Gasteiger partial charge in [-0.25, -0.2) is 19.2 Å². The molecule has 0 aromatic carbocycles. The fraction of sp³-hybridized carbons (Fsp3) is 0.800. The Morgan fingerprint density at radius 1 is 0.700 bits per heavy atom. The van der Waals surface area contributed by atoms with E-state index < -0.39 is 24.0 Å². The summed E-state index contributed by atoms with van der Waals surface area (Å²) in [6, 6.07) is -2.14. The number of methoxy groups -OCH3 is 2. The molecule has 2 unspecified atom stereocenters. The zero-order valence-electron chi connectivity index (χ0n) is 18.9. The SMILES string of the molecule is COC(=O)C(CC(C)C)NC(=O)N1CCN(C(=O)NC(CC(C)C)C(=O)OC)CC1. The van der Waals surface area contributed by atoms with Gasteiger partial charge in [0.15, 0.2) is 0 Å². The van der Waals surface area contributed by atoms with Gasteiger partial charge in [-0.15, -0.1) is 0 Å². The number of amides is 4. The summed E-state index contributed by atoms with van der Waals surface area (Å²) in [5.41, 5.74) is 0. The van der Waals surface area contributed by atoms with E-state index in [0.717, 1.165) is 0 Å². The first kappa shape index (κ1) is 25.5. The van der Waals surface area contributed by atoms with Crippen molar-refractivity contribution in [1.82, 2.24) is 20.4 Å². The van der Waals surface area contributed by atoms with Crippen LogP contribution < -0.4 is 10.6 Å². The summed E-state index contributed by atoms with van der Waals surface area (Å²) in [6.45, 7) is 9.12. The molecule has 1 fully saturated rings. The Kier molecular flexibility index (Phi) is 10.4. The van der Waals surface area contributed by atoms with Gasteiger partial charge in [-0.1, -0.05) is 27.7 Å². The molecule has 4 amide bonds. The molecule has 1 rings (SSSR count). The van der Waals surface area contributed by atoms with Gasteiger partial charge in [0.1, 0.15) is 12.1 Å². The fourth-order valence-electron chi connectivity index (χ4n) is 3.25. The van der Waals surface area contributed by atoms with Crippen LogP contribution in [0.3, 0.4) is 0 Å². The van der Waals surface area contributed by atoms with Crippen molar-refractivity contribution in [3.8, 4) is 0 Å². The van der Waals surface area contributed by atoms with Gasteiger partial charge < -0.3 is 29.9 Å². The highest BCUT2D eigenvalue weighted by molar-refractivity contribution is 5.85. The Labute approximate surface area is 178 Å². The van der Waals surface area contributed by atoms with Gasteiger partial charge in [0.2, 0.25) is 0 Å². The zero-order chi connectivity index (χ0) is 22.8. The molecule has 0 aromatic heterocycles. The van der Waals surface area contributed by atoms with Crippen molar-refractivity contribution in [2.45, 2.75) is 52.6 Å². The number of carbonyl (C=O) groups is 4. The number of hydrogen-bond donors (Lipinski definition) is 2. The minimum absolute atomic E-state index is 0.212. The van der Waals surface area contributed by atoms with Gasteiger partial charge in [0.25, 0.3) is 0 Å². The monoisotopic (exact) mass is 428 g/mol. The van der Waals surface area contributed by atoms with Crippen LogP contribution in [0.25, 0.3) is 0 Å². The van der Waals surface area contributed by atoms with Crippen LogP contribution in [0.5, 0.6) is 0 Å². The second-order valence-corrected chi connectivity index (χ2v) is 8.28. The first-order chi connectivity index (χ1) is 14.1. The second kappa shape index (κ2) is 12.2. The molecule has 2 atom stereocenters. The van der Waals surface area contributed by atoms with E-state index in [4.69, 9.17) is 9.47 Å². The lowest BCUT2D eigenvalue weighted by atomic mass is 10.0. The fourth-order valence-corrected chi connectivity index (χ4v) is 3.25. The number of esters is 2. The van der Waals surface area contributed by atoms with Crippen molar-refractivity contribution in [2.75, 3.05) is 40.4 Å². The van der Waals surface area contributed by atoms with Crippen molar-refractivity contribution < 1.29 is 28.7 Å². The molecule has 0 saturated carbocycles. The quantitative estimate of drug-likeness (QED) is 0.561. The van der Waals surface area contributed by atoms with Crippen molar-refractivity contribution in [1.29, 1.82) is 0 Å². The molecule has 10 nitrogen and oxygen atoms in total. The maximum absolute atomic E-state index is 12.5. The van der Waals surface area contributed by atoms with Crippen molar-refractivity contribution in [3.63, 3.8) is 0 Å². The Morgan fingerprint density at radius 2 is 1.00 bits per heavy atom. The number of nitrogens with one attached hydrogen (secondary N) is 2. The van der Waals surface area contributed by atoms with Gasteiger partial charge in [0, 0.05) is 26.2 Å². The highest BCUT2D eigenvalue weighted by atomic mass is 16.5. The van der Waals surface area contributed by atoms with Gasteiger partial charge in [-0.05, 0) is 24.7 Å². The molecule has 30 heavy (non-hydrogen) atoms. The van der Waals surface area contributed by atoms with Crippen molar-refractivity contribution in [2.24, 2.45) is 11.8 Å². The topological polar surface area (TPSA) is 117 Å². The predicted octanol–water partition coefficient (Wildman–Crippen LogP) is 1.20. The number of hydrogen-bond acceptors (Lipinski definition) is 6. The van der Waals surface area contributed by atoms with Gasteiger partial charge >= 0.3 is 24.0 Å². The van der Waals surface area contributed by atoms with Gasteiger partial charge in [0.05, 0.1) is 14.2 Å². The summed E-state index contributed by atoms with van der Waals surface area (Å²) in [6.07, 6.45) is 0.955. The first-order valence-corrected chi connectivity index (χ1v) is 10.4. The Hall–Kier alpha value is -2.52. The van der Waals surface area contributed by atoms with Crippen LogP contribution in [0, 0.1) is 11.8 Å². The van der Waals surface area contributed by atoms with Gasteiger partial charge in [-0.3, -0.25) is 0 Å². The molecule has 1 aliphatic heterocycles. The number of urea groups is 2. The maximum Gasteiger partial charge on any atom is 0.328 e. The molecule has 0 aromatic rings. The third-order valence-electron chi connectivity index (χ3n) is 4.84. The highest BCUT2D eigenvalue weighted by Gasteiger charge is 2.30. The number of nitrogens with zero attached hydrogens (tertiary/aromatic N) is 2. The van der Waals surface area contributed by atoms with Crippen LogP contribution in [-0.4, -0.2) is 86.3 Å². The number of carbonyl (C=O) groups excluding carboxylic acids is 4. The van der Waals surface area contributed by atoms with Crippen LogP contribution in [-0.2, 0) is 19.1 Å². The second-order valence-electron chi connectivity index (χ2n) is 8.28. The normalized spacial score (nSPS) is 16.1. The largest absolute Gasteiger partial charge is 0.467 e. The lowest BCUT2D eigenvalue weighted by molar-refractivity contribution is -0.144. The van der Waals surface area contributed by atoms with Crippen molar-refractivity contribution in [3.05, 3.63) is 0 Å². The van der Waals surface area contributed by atoms with E-state index in [1.807, 2.05) is 27.7 Å². The van der Waals surface area contributed by atoms with E-state index in [1.54, 1.807) is 9.80 Å². The average Bonchev–Trinajstić information content (AvgIpc) is 2.70. The van der Waals surface area contributed by atoms with E-state index in [0.29, 0.717) is 39.0 Å². The van der Waals surface area contributed by atoms with E-state index in [1.165, 1.54) is 14.2 Å². The molecule has 0 spiro atoms. The smallest absolute Gasteiger partial charge is 0.328 e. The van der Waals surface area contributed by atoms with Gasteiger partial charge in [-0.2, -0.15) is 0 Å². The number of piperazine rings is 1. The first-order valence-electron chi connectivity index (χ1n) is 10.4. The van der Waals surface area contributed by atoms with Crippen molar-refractivity contribution >= 4 is 24.0 Å². The average molecular weight is 429 g/mol. The number of ether oxygens (including phenoxy) is 2.